The number of H-pyrrole nitrogens is 1. The number of aryl methyl sites for hydroxylation is 1. The Kier molecular flexibility index (Phi) is 4.46. The van der Waals surface area contributed by atoms with Crippen LogP contribution in [0.25, 0.3) is 6.08 Å². The molecule has 1 amide bonds. The average Bonchev–Trinajstić information content (AvgIpc) is 3.02. The molecule has 30 heavy (non-hydrogen) atoms. The largest absolute Gasteiger partial charge is 0.478 e. The molecule has 0 radical (unpaired) electrons. The molecular weight excluding hydrogens is 384 g/mol. The molecule has 4 N–H and O–H groups in total. The van der Waals surface area contributed by atoms with Gasteiger partial charge in [0.15, 0.2) is 5.49 Å². The Morgan fingerprint density at radius 3 is 2.47 bits per heavy atom. The molecule has 150 valence electrons. The summed E-state index contributed by atoms with van der Waals surface area (Å²) in [5.41, 5.74) is 9.29. The van der Waals surface area contributed by atoms with E-state index in [0.29, 0.717) is 27.7 Å². The zero-order chi connectivity index (χ0) is 21.6. The Balaban J connectivity index is 1.82. The molecule has 0 spiro atoms. The summed E-state index contributed by atoms with van der Waals surface area (Å²) in [7, 11) is 0. The van der Waals surface area contributed by atoms with E-state index in [1.165, 1.54) is 24.3 Å². The van der Waals surface area contributed by atoms with Crippen molar-refractivity contribution in [3.63, 3.8) is 0 Å². The van der Waals surface area contributed by atoms with Gasteiger partial charge in [-0.1, -0.05) is 6.07 Å². The first-order chi connectivity index (χ1) is 14.3. The quantitative estimate of drug-likeness (QED) is 0.569. The van der Waals surface area contributed by atoms with Crippen molar-refractivity contribution >= 4 is 29.3 Å². The van der Waals surface area contributed by atoms with Gasteiger partial charge in [-0.25, -0.2) is 4.79 Å². The SMILES string of the molecule is Cc1cc(N)ccc1/C=c1/c(C)c2c([nH]c1=O)=NN(c1ccc(C(=O)O)cc1)C2=O. The first-order valence-electron chi connectivity index (χ1n) is 9.13. The molecule has 8 nitrogen and oxygen atoms in total. The highest BCUT2D eigenvalue weighted by atomic mass is 16.4. The summed E-state index contributed by atoms with van der Waals surface area (Å²) in [5, 5.41) is 14.8. The summed E-state index contributed by atoms with van der Waals surface area (Å²) >= 11 is 0. The van der Waals surface area contributed by atoms with Gasteiger partial charge in [0.05, 0.1) is 16.8 Å². The van der Waals surface area contributed by atoms with Gasteiger partial charge in [-0.05, 0) is 73.0 Å². The Morgan fingerprint density at radius 2 is 1.83 bits per heavy atom. The van der Waals surface area contributed by atoms with Gasteiger partial charge < -0.3 is 15.8 Å². The highest BCUT2D eigenvalue weighted by Gasteiger charge is 2.28. The van der Waals surface area contributed by atoms with E-state index in [1.807, 2.05) is 19.1 Å². The fourth-order valence-electron chi connectivity index (χ4n) is 3.42. The molecule has 0 unspecified atom stereocenters. The normalized spacial score (nSPS) is 13.3. The number of aromatic carboxylic acids is 1. The molecule has 0 fully saturated rings. The predicted molar refractivity (Wildman–Crippen MR) is 112 cm³/mol. The van der Waals surface area contributed by atoms with Crippen molar-refractivity contribution in [2.45, 2.75) is 13.8 Å². The van der Waals surface area contributed by atoms with Gasteiger partial charge in [-0.2, -0.15) is 5.01 Å². The molecule has 0 saturated heterocycles. The summed E-state index contributed by atoms with van der Waals surface area (Å²) in [6, 6.07) is 11.2. The van der Waals surface area contributed by atoms with E-state index in [0.717, 1.165) is 16.1 Å². The molecule has 0 saturated carbocycles. The van der Waals surface area contributed by atoms with Crippen LogP contribution in [0.1, 0.15) is 37.4 Å². The van der Waals surface area contributed by atoms with Crippen molar-refractivity contribution in [1.29, 1.82) is 0 Å². The second-order valence-corrected chi connectivity index (χ2v) is 7.05. The lowest BCUT2D eigenvalue weighted by atomic mass is 10.0. The van der Waals surface area contributed by atoms with E-state index in [4.69, 9.17) is 10.8 Å². The summed E-state index contributed by atoms with van der Waals surface area (Å²) in [4.78, 5) is 39.4. The summed E-state index contributed by atoms with van der Waals surface area (Å²) in [5.74, 6) is -1.46. The zero-order valence-electron chi connectivity index (χ0n) is 16.3. The number of nitrogens with two attached hydrogens (primary N) is 1. The monoisotopic (exact) mass is 402 g/mol. The number of aromatic amines is 1. The minimum absolute atomic E-state index is 0.100. The lowest BCUT2D eigenvalue weighted by Gasteiger charge is -2.12. The number of benzene rings is 2. The second kappa shape index (κ2) is 7.00. The molecular formula is C22H18N4O4. The molecule has 1 aliphatic heterocycles. The number of pyridine rings is 1. The third-order valence-corrected chi connectivity index (χ3v) is 5.05. The molecule has 4 rings (SSSR count). The molecule has 1 aromatic heterocycles. The summed E-state index contributed by atoms with van der Waals surface area (Å²) < 4.78 is 0. The fraction of sp³-hybridized carbons (Fsp3) is 0.0909. The Labute approximate surface area is 170 Å². The van der Waals surface area contributed by atoms with Crippen molar-refractivity contribution in [3.8, 4) is 0 Å². The van der Waals surface area contributed by atoms with Crippen molar-refractivity contribution in [3.05, 3.63) is 91.3 Å². The van der Waals surface area contributed by atoms with Gasteiger partial charge in [-0.3, -0.25) is 9.59 Å². The molecule has 0 aliphatic carbocycles. The predicted octanol–water partition coefficient (Wildman–Crippen LogP) is 1.30. The number of carbonyl (C=O) groups is 2. The summed E-state index contributed by atoms with van der Waals surface area (Å²) in [6.45, 7) is 3.60. The number of amides is 1. The lowest BCUT2D eigenvalue weighted by molar-refractivity contribution is 0.0696. The van der Waals surface area contributed by atoms with Gasteiger partial charge >= 0.3 is 5.97 Å². The number of fused-ring (bicyclic) bond motifs is 1. The number of aromatic nitrogens is 1. The van der Waals surface area contributed by atoms with E-state index in [1.54, 1.807) is 19.1 Å². The molecule has 8 heteroatoms. The van der Waals surface area contributed by atoms with E-state index in [9.17, 15) is 14.4 Å². The molecule has 0 atom stereocenters. The maximum atomic E-state index is 13.0. The summed E-state index contributed by atoms with van der Waals surface area (Å²) in [6.07, 6.45) is 1.72. The zero-order valence-corrected chi connectivity index (χ0v) is 16.3. The highest BCUT2D eigenvalue weighted by Crippen LogP contribution is 2.21. The van der Waals surface area contributed by atoms with Gasteiger partial charge in [0, 0.05) is 10.9 Å². The molecule has 3 aromatic rings. The number of carboxylic acid groups (broad SMARTS) is 1. The molecule has 2 aromatic carbocycles. The van der Waals surface area contributed by atoms with Crippen LogP contribution in [-0.4, -0.2) is 22.0 Å². The van der Waals surface area contributed by atoms with E-state index < -0.39 is 11.9 Å². The van der Waals surface area contributed by atoms with Crippen LogP contribution in [0.15, 0.2) is 52.4 Å². The van der Waals surface area contributed by atoms with Crippen LogP contribution in [0, 0.1) is 13.8 Å². The van der Waals surface area contributed by atoms with Crippen LogP contribution in [0.4, 0.5) is 11.4 Å². The Hall–Kier alpha value is -4.20. The maximum absolute atomic E-state index is 13.0. The Morgan fingerprint density at radius 1 is 1.13 bits per heavy atom. The number of carbonyl (C=O) groups excluding carboxylic acids is 1. The number of hydrogen-bond acceptors (Lipinski definition) is 5. The third-order valence-electron chi connectivity index (χ3n) is 5.05. The van der Waals surface area contributed by atoms with Gasteiger partial charge in [-0.15, -0.1) is 5.10 Å². The first-order valence-corrected chi connectivity index (χ1v) is 9.13. The number of nitrogen functional groups attached to an aromatic ring is 1. The lowest BCUT2D eigenvalue weighted by Crippen LogP contribution is -2.38. The van der Waals surface area contributed by atoms with E-state index in [-0.39, 0.29) is 16.6 Å². The van der Waals surface area contributed by atoms with Gasteiger partial charge in [0.25, 0.3) is 11.5 Å². The van der Waals surface area contributed by atoms with Crippen LogP contribution < -0.4 is 27.0 Å². The highest BCUT2D eigenvalue weighted by molar-refractivity contribution is 6.08. The third kappa shape index (κ3) is 3.14. The van der Waals surface area contributed by atoms with Gasteiger partial charge in [0.2, 0.25) is 0 Å². The number of rotatable bonds is 3. The smallest absolute Gasteiger partial charge is 0.335 e. The standard InChI is InChI=1S/C22H18N4O4/c1-11-9-15(23)6-3-14(11)10-17-12(2)18-19(24-20(17)27)25-26(21(18)28)16-7-4-13(5-8-16)22(29)30/h3-10H,23H2,1-2H3,(H,29,30)(H,24,25,27)/b17-10-. The maximum Gasteiger partial charge on any atom is 0.335 e. The topological polar surface area (TPSA) is 129 Å². The van der Waals surface area contributed by atoms with Gasteiger partial charge in [0.1, 0.15) is 0 Å². The van der Waals surface area contributed by atoms with Crippen molar-refractivity contribution in [2.24, 2.45) is 5.10 Å². The fourth-order valence-corrected chi connectivity index (χ4v) is 3.42. The van der Waals surface area contributed by atoms with Crippen LogP contribution >= 0.6 is 0 Å². The van der Waals surface area contributed by atoms with E-state index >= 15 is 0 Å². The second-order valence-electron chi connectivity index (χ2n) is 7.05. The van der Waals surface area contributed by atoms with Crippen LogP contribution in [0.3, 0.4) is 0 Å². The number of carboxylic acids is 1. The molecule has 1 aliphatic rings. The number of nitrogens with zero attached hydrogens (tertiary/aromatic N) is 2. The van der Waals surface area contributed by atoms with Crippen LogP contribution in [0.2, 0.25) is 0 Å². The van der Waals surface area contributed by atoms with Crippen LogP contribution in [0.5, 0.6) is 0 Å². The average molecular weight is 402 g/mol. The van der Waals surface area contributed by atoms with Crippen molar-refractivity contribution in [1.82, 2.24) is 4.98 Å². The Bertz CT molecular complexity index is 1390. The first kappa shape index (κ1) is 19.1. The van der Waals surface area contributed by atoms with E-state index in [2.05, 4.69) is 10.1 Å². The van der Waals surface area contributed by atoms with Crippen molar-refractivity contribution in [2.75, 3.05) is 10.7 Å². The number of anilines is 2. The van der Waals surface area contributed by atoms with Crippen molar-refractivity contribution < 1.29 is 14.7 Å². The minimum atomic E-state index is -1.06. The minimum Gasteiger partial charge on any atom is -0.478 e. The number of nitrogens with one attached hydrogen (secondary N) is 1. The van der Waals surface area contributed by atoms with Crippen LogP contribution in [-0.2, 0) is 0 Å². The number of hydrogen-bond donors (Lipinski definition) is 3. The molecule has 2 heterocycles. The molecule has 0 bridgehead atoms.